The van der Waals surface area contributed by atoms with Gasteiger partial charge in [-0.25, -0.2) is 5.01 Å². The molecule has 0 bridgehead atoms. The molecule has 150 valence electrons. The van der Waals surface area contributed by atoms with Gasteiger partial charge in [0.15, 0.2) is 11.5 Å². The van der Waals surface area contributed by atoms with E-state index in [1.165, 1.54) is 6.42 Å². The number of amides is 1. The zero-order valence-corrected chi connectivity index (χ0v) is 16.6. The molecule has 2 aromatic carbocycles. The Bertz CT molecular complexity index is 938. The van der Waals surface area contributed by atoms with E-state index in [2.05, 4.69) is 16.1 Å². The summed E-state index contributed by atoms with van der Waals surface area (Å²) in [4.78, 5) is 16.0. The van der Waals surface area contributed by atoms with E-state index < -0.39 is 0 Å². The Hall–Kier alpha value is -2.86. The molecular formula is C23H25N3O3. The van der Waals surface area contributed by atoms with Crippen molar-refractivity contribution >= 4 is 17.3 Å². The van der Waals surface area contributed by atoms with Gasteiger partial charge in [0.05, 0.1) is 23.4 Å². The standard InChI is InChI=1S/C23H25N3O3/c1-16-21(23(27)26(24-16)18-8-4-2-5-9-18)22(25-12-6-3-7-13-25)17-10-11-19-20(14-17)29-15-28-19/h2,4-5,8-11,14,21-22H,3,6-7,12-13,15H2,1H3. The minimum atomic E-state index is -0.311. The highest BCUT2D eigenvalue weighted by molar-refractivity contribution is 6.15. The molecule has 2 unspecified atom stereocenters. The van der Waals surface area contributed by atoms with Crippen LogP contribution in [0.1, 0.15) is 37.8 Å². The first-order chi connectivity index (χ1) is 14.2. The maximum atomic E-state index is 13.5. The Kier molecular flexibility index (Phi) is 4.72. The van der Waals surface area contributed by atoms with Crippen LogP contribution in [0.15, 0.2) is 53.6 Å². The third-order valence-corrected chi connectivity index (χ3v) is 6.02. The fourth-order valence-corrected chi connectivity index (χ4v) is 4.61. The Balaban J connectivity index is 1.53. The van der Waals surface area contributed by atoms with E-state index in [1.807, 2.05) is 49.4 Å². The van der Waals surface area contributed by atoms with Gasteiger partial charge in [-0.3, -0.25) is 9.69 Å². The fourth-order valence-electron chi connectivity index (χ4n) is 4.61. The molecule has 5 rings (SSSR count). The number of carbonyl (C=O) groups is 1. The number of hydrogen-bond donors (Lipinski definition) is 0. The van der Waals surface area contributed by atoms with Gasteiger partial charge in [-0.05, 0) is 62.7 Å². The largest absolute Gasteiger partial charge is 0.454 e. The van der Waals surface area contributed by atoms with E-state index in [0.717, 1.165) is 54.4 Å². The van der Waals surface area contributed by atoms with Gasteiger partial charge in [0, 0.05) is 0 Å². The van der Waals surface area contributed by atoms with Crippen molar-refractivity contribution in [2.75, 3.05) is 24.9 Å². The van der Waals surface area contributed by atoms with E-state index in [4.69, 9.17) is 9.47 Å². The molecule has 6 nitrogen and oxygen atoms in total. The van der Waals surface area contributed by atoms with Gasteiger partial charge in [-0.2, -0.15) is 5.10 Å². The predicted molar refractivity (Wildman–Crippen MR) is 111 cm³/mol. The van der Waals surface area contributed by atoms with Crippen molar-refractivity contribution in [1.29, 1.82) is 0 Å². The summed E-state index contributed by atoms with van der Waals surface area (Å²) >= 11 is 0. The van der Waals surface area contributed by atoms with Crippen molar-refractivity contribution in [3.8, 4) is 11.5 Å². The summed E-state index contributed by atoms with van der Waals surface area (Å²) in [6, 6.07) is 15.7. The summed E-state index contributed by atoms with van der Waals surface area (Å²) in [5.74, 6) is 1.24. The molecule has 1 saturated heterocycles. The summed E-state index contributed by atoms with van der Waals surface area (Å²) < 4.78 is 11.1. The van der Waals surface area contributed by atoms with Crippen LogP contribution < -0.4 is 14.5 Å². The molecule has 1 fully saturated rings. The number of benzene rings is 2. The summed E-state index contributed by atoms with van der Waals surface area (Å²) in [6.45, 7) is 4.19. The van der Waals surface area contributed by atoms with E-state index in [-0.39, 0.29) is 24.7 Å². The topological polar surface area (TPSA) is 54.4 Å². The number of para-hydroxylation sites is 1. The average Bonchev–Trinajstić information content (AvgIpc) is 3.35. The molecule has 3 aliphatic rings. The zero-order chi connectivity index (χ0) is 19.8. The number of piperidine rings is 1. The van der Waals surface area contributed by atoms with Gasteiger partial charge in [0.25, 0.3) is 5.91 Å². The molecule has 0 saturated carbocycles. The Morgan fingerprint density at radius 2 is 1.76 bits per heavy atom. The second-order valence-corrected chi connectivity index (χ2v) is 7.86. The zero-order valence-electron chi connectivity index (χ0n) is 16.6. The first-order valence-electron chi connectivity index (χ1n) is 10.3. The van der Waals surface area contributed by atoms with Crippen LogP contribution in [0.4, 0.5) is 5.69 Å². The van der Waals surface area contributed by atoms with Crippen LogP contribution in [0.25, 0.3) is 0 Å². The molecule has 6 heteroatoms. The minimum Gasteiger partial charge on any atom is -0.454 e. The molecule has 29 heavy (non-hydrogen) atoms. The lowest BCUT2D eigenvalue weighted by molar-refractivity contribution is -0.121. The van der Waals surface area contributed by atoms with Crippen LogP contribution >= 0.6 is 0 Å². The lowest BCUT2D eigenvalue weighted by atomic mass is 9.86. The minimum absolute atomic E-state index is 0.0296. The summed E-state index contributed by atoms with van der Waals surface area (Å²) in [7, 11) is 0. The third kappa shape index (κ3) is 3.27. The van der Waals surface area contributed by atoms with E-state index in [1.54, 1.807) is 5.01 Å². The molecule has 0 spiro atoms. The number of rotatable bonds is 4. The lowest BCUT2D eigenvalue weighted by Crippen LogP contribution is -2.43. The maximum Gasteiger partial charge on any atom is 0.258 e. The molecule has 0 N–H and O–H groups in total. The Morgan fingerprint density at radius 3 is 2.55 bits per heavy atom. The van der Waals surface area contributed by atoms with Crippen LogP contribution in [-0.2, 0) is 4.79 Å². The molecule has 0 radical (unpaired) electrons. The van der Waals surface area contributed by atoms with Gasteiger partial charge < -0.3 is 9.47 Å². The molecule has 0 aromatic heterocycles. The van der Waals surface area contributed by atoms with Crippen molar-refractivity contribution in [2.45, 2.75) is 32.2 Å². The summed E-state index contributed by atoms with van der Waals surface area (Å²) in [5, 5.41) is 6.21. The van der Waals surface area contributed by atoms with Gasteiger partial charge in [0.2, 0.25) is 6.79 Å². The van der Waals surface area contributed by atoms with Crippen LogP contribution in [0.5, 0.6) is 11.5 Å². The van der Waals surface area contributed by atoms with Crippen molar-refractivity contribution in [3.05, 3.63) is 54.1 Å². The molecular weight excluding hydrogens is 366 g/mol. The first-order valence-corrected chi connectivity index (χ1v) is 10.3. The van der Waals surface area contributed by atoms with Crippen LogP contribution in [0, 0.1) is 5.92 Å². The second-order valence-electron chi connectivity index (χ2n) is 7.86. The van der Waals surface area contributed by atoms with Crippen molar-refractivity contribution < 1.29 is 14.3 Å². The number of anilines is 1. The second kappa shape index (κ2) is 7.52. The fraction of sp³-hybridized carbons (Fsp3) is 0.391. The maximum absolute atomic E-state index is 13.5. The highest BCUT2D eigenvalue weighted by Crippen LogP contribution is 2.41. The van der Waals surface area contributed by atoms with Gasteiger partial charge >= 0.3 is 0 Å². The average molecular weight is 391 g/mol. The Labute approximate surface area is 170 Å². The van der Waals surface area contributed by atoms with Crippen molar-refractivity contribution in [3.63, 3.8) is 0 Å². The normalized spacial score (nSPS) is 22.7. The molecule has 2 aromatic rings. The summed E-state index contributed by atoms with van der Waals surface area (Å²) in [5.41, 5.74) is 2.74. The monoisotopic (exact) mass is 391 g/mol. The lowest BCUT2D eigenvalue weighted by Gasteiger charge is -2.37. The van der Waals surface area contributed by atoms with Crippen LogP contribution in [0.3, 0.4) is 0 Å². The van der Waals surface area contributed by atoms with Crippen LogP contribution in [0.2, 0.25) is 0 Å². The quantitative estimate of drug-likeness (QED) is 0.791. The molecule has 0 aliphatic carbocycles. The van der Waals surface area contributed by atoms with Gasteiger partial charge in [-0.15, -0.1) is 0 Å². The number of ether oxygens (including phenoxy) is 2. The smallest absolute Gasteiger partial charge is 0.258 e. The highest BCUT2D eigenvalue weighted by Gasteiger charge is 2.43. The number of fused-ring (bicyclic) bond motifs is 1. The first kappa shape index (κ1) is 18.2. The highest BCUT2D eigenvalue weighted by atomic mass is 16.7. The predicted octanol–water partition coefficient (Wildman–Crippen LogP) is 3.98. The third-order valence-electron chi connectivity index (χ3n) is 6.02. The number of hydrogen-bond acceptors (Lipinski definition) is 5. The van der Waals surface area contributed by atoms with Crippen LogP contribution in [-0.4, -0.2) is 36.4 Å². The van der Waals surface area contributed by atoms with Crippen molar-refractivity contribution in [2.24, 2.45) is 11.0 Å². The Morgan fingerprint density at radius 1 is 1.00 bits per heavy atom. The number of likely N-dealkylation sites (tertiary alicyclic amines) is 1. The summed E-state index contributed by atoms with van der Waals surface area (Å²) in [6.07, 6.45) is 3.55. The molecule has 1 amide bonds. The van der Waals surface area contributed by atoms with Crippen molar-refractivity contribution in [1.82, 2.24) is 4.90 Å². The molecule has 3 heterocycles. The number of nitrogens with zero attached hydrogens (tertiary/aromatic N) is 3. The van der Waals surface area contributed by atoms with E-state index in [0.29, 0.717) is 0 Å². The van der Waals surface area contributed by atoms with Gasteiger partial charge in [0.1, 0.15) is 0 Å². The van der Waals surface area contributed by atoms with Gasteiger partial charge in [-0.1, -0.05) is 30.7 Å². The number of carbonyl (C=O) groups excluding carboxylic acids is 1. The SMILES string of the molecule is CC1=NN(c2ccccc2)C(=O)C1C(c1ccc2c(c1)OCO2)N1CCCCC1. The van der Waals surface area contributed by atoms with E-state index in [9.17, 15) is 4.79 Å². The molecule has 2 atom stereocenters. The van der Waals surface area contributed by atoms with E-state index >= 15 is 0 Å². The molecule has 3 aliphatic heterocycles. The number of hydrazone groups is 1.